The van der Waals surface area contributed by atoms with Crippen molar-refractivity contribution in [1.82, 2.24) is 14.8 Å². The van der Waals surface area contributed by atoms with Crippen LogP contribution >= 0.6 is 11.3 Å². The standard InChI is InChI=1S/C26H36N4O3S/c1-4-5-15-30-23(31)12-11-21(24(30)20-9-6-7-10-22(20)33-3)25(32)28-13-8-14-29(17-16-28)26-27-19(2)18-34-26/h6-7,9-10,18,21,24H,4-5,8,11-17H2,1-3H3. The van der Waals surface area contributed by atoms with Crippen LogP contribution in [0.2, 0.25) is 0 Å². The van der Waals surface area contributed by atoms with E-state index in [1.807, 2.05) is 41.0 Å². The van der Waals surface area contributed by atoms with Crippen LogP contribution < -0.4 is 9.64 Å². The molecule has 2 saturated heterocycles. The van der Waals surface area contributed by atoms with Crippen molar-refractivity contribution >= 4 is 28.3 Å². The molecule has 3 heterocycles. The Bertz CT molecular complexity index is 994. The number of likely N-dealkylation sites (tertiary alicyclic amines) is 1. The summed E-state index contributed by atoms with van der Waals surface area (Å²) in [5.41, 5.74) is 1.97. The van der Waals surface area contributed by atoms with Gasteiger partial charge < -0.3 is 19.4 Å². The molecule has 1 aromatic heterocycles. The molecule has 2 aliphatic rings. The zero-order valence-corrected chi connectivity index (χ0v) is 21.4. The molecule has 0 saturated carbocycles. The molecule has 2 aliphatic heterocycles. The van der Waals surface area contributed by atoms with Crippen LogP contribution in [-0.2, 0) is 9.59 Å². The minimum Gasteiger partial charge on any atom is -0.496 e. The molecule has 0 N–H and O–H groups in total. The number of aryl methyl sites for hydroxylation is 1. The van der Waals surface area contributed by atoms with Gasteiger partial charge in [0.15, 0.2) is 5.13 Å². The highest BCUT2D eigenvalue weighted by atomic mass is 32.1. The first-order chi connectivity index (χ1) is 16.5. The van der Waals surface area contributed by atoms with Crippen LogP contribution in [0.3, 0.4) is 0 Å². The van der Waals surface area contributed by atoms with Crippen molar-refractivity contribution < 1.29 is 14.3 Å². The number of carbonyl (C=O) groups is 2. The van der Waals surface area contributed by atoms with Gasteiger partial charge in [-0.3, -0.25) is 9.59 Å². The molecule has 184 valence electrons. The minimum absolute atomic E-state index is 0.134. The lowest BCUT2D eigenvalue weighted by Gasteiger charge is -2.42. The Morgan fingerprint density at radius 2 is 2.03 bits per heavy atom. The number of nitrogens with zero attached hydrogens (tertiary/aromatic N) is 4. The fraction of sp³-hybridized carbons (Fsp3) is 0.577. The van der Waals surface area contributed by atoms with Gasteiger partial charge in [0.1, 0.15) is 5.75 Å². The van der Waals surface area contributed by atoms with Crippen molar-refractivity contribution in [1.29, 1.82) is 0 Å². The number of amides is 2. The van der Waals surface area contributed by atoms with E-state index in [2.05, 4.69) is 22.2 Å². The first-order valence-electron chi connectivity index (χ1n) is 12.4. The molecule has 2 amide bonds. The number of thiazole rings is 1. The molecule has 0 radical (unpaired) electrons. The molecule has 2 aromatic rings. The molecule has 7 nitrogen and oxygen atoms in total. The van der Waals surface area contributed by atoms with E-state index in [0.29, 0.717) is 25.9 Å². The second-order valence-corrected chi connectivity index (χ2v) is 10.0. The molecule has 4 rings (SSSR count). The summed E-state index contributed by atoms with van der Waals surface area (Å²) in [6.45, 7) is 7.90. The van der Waals surface area contributed by atoms with Gasteiger partial charge in [-0.25, -0.2) is 4.98 Å². The van der Waals surface area contributed by atoms with E-state index in [1.54, 1.807) is 18.4 Å². The van der Waals surface area contributed by atoms with E-state index in [9.17, 15) is 9.59 Å². The number of hydrogen-bond donors (Lipinski definition) is 0. The van der Waals surface area contributed by atoms with Crippen LogP contribution in [0.5, 0.6) is 5.75 Å². The molecule has 0 bridgehead atoms. The first kappa shape index (κ1) is 24.5. The van der Waals surface area contributed by atoms with Crippen LogP contribution in [0.15, 0.2) is 29.6 Å². The largest absolute Gasteiger partial charge is 0.496 e. The van der Waals surface area contributed by atoms with E-state index in [1.165, 1.54) is 0 Å². The van der Waals surface area contributed by atoms with Crippen LogP contribution in [0.1, 0.15) is 56.3 Å². The van der Waals surface area contributed by atoms with Crippen molar-refractivity contribution in [3.8, 4) is 5.75 Å². The maximum absolute atomic E-state index is 14.0. The maximum atomic E-state index is 14.0. The number of rotatable bonds is 7. The molecular weight excluding hydrogens is 448 g/mol. The maximum Gasteiger partial charge on any atom is 0.228 e. The van der Waals surface area contributed by atoms with Gasteiger partial charge in [-0.05, 0) is 32.3 Å². The summed E-state index contributed by atoms with van der Waals surface area (Å²) in [6.07, 6.45) is 3.83. The fourth-order valence-electron chi connectivity index (χ4n) is 5.15. The SMILES string of the molecule is CCCCN1C(=O)CCC(C(=O)N2CCCN(c3nc(C)cs3)CC2)C1c1ccccc1OC. The van der Waals surface area contributed by atoms with E-state index in [4.69, 9.17) is 4.74 Å². The third kappa shape index (κ3) is 5.22. The lowest BCUT2D eigenvalue weighted by molar-refractivity contribution is -0.148. The Hall–Kier alpha value is -2.61. The summed E-state index contributed by atoms with van der Waals surface area (Å²) in [5, 5.41) is 3.11. The van der Waals surface area contributed by atoms with Gasteiger partial charge in [0.2, 0.25) is 11.8 Å². The number of benzene rings is 1. The molecule has 1 aromatic carbocycles. The smallest absolute Gasteiger partial charge is 0.228 e. The van der Waals surface area contributed by atoms with Gasteiger partial charge in [-0.1, -0.05) is 31.5 Å². The lowest BCUT2D eigenvalue weighted by Crippen LogP contribution is -2.50. The monoisotopic (exact) mass is 484 g/mol. The Morgan fingerprint density at radius 3 is 2.76 bits per heavy atom. The molecule has 0 aliphatic carbocycles. The topological polar surface area (TPSA) is 66.0 Å². The predicted molar refractivity (Wildman–Crippen MR) is 135 cm³/mol. The number of aromatic nitrogens is 1. The van der Waals surface area contributed by atoms with Gasteiger partial charge in [-0.2, -0.15) is 0 Å². The second kappa shape index (κ2) is 11.2. The fourth-order valence-corrected chi connectivity index (χ4v) is 6.01. The van der Waals surface area contributed by atoms with Gasteiger partial charge in [-0.15, -0.1) is 11.3 Å². The Morgan fingerprint density at radius 1 is 1.21 bits per heavy atom. The van der Waals surface area contributed by atoms with Crippen LogP contribution in [-0.4, -0.2) is 66.4 Å². The number of anilines is 1. The van der Waals surface area contributed by atoms with Gasteiger partial charge >= 0.3 is 0 Å². The Labute approximate surface area is 206 Å². The molecule has 2 unspecified atom stereocenters. The Balaban J connectivity index is 1.58. The molecule has 2 atom stereocenters. The highest BCUT2D eigenvalue weighted by Gasteiger charge is 2.43. The first-order valence-corrected chi connectivity index (χ1v) is 13.3. The average Bonchev–Trinajstić information content (AvgIpc) is 3.13. The van der Waals surface area contributed by atoms with Crippen molar-refractivity contribution in [3.63, 3.8) is 0 Å². The van der Waals surface area contributed by atoms with Crippen molar-refractivity contribution in [3.05, 3.63) is 40.9 Å². The third-order valence-corrected chi connectivity index (χ3v) is 7.94. The summed E-state index contributed by atoms with van der Waals surface area (Å²) in [4.78, 5) is 37.9. The lowest BCUT2D eigenvalue weighted by atomic mass is 9.82. The van der Waals surface area contributed by atoms with E-state index in [-0.39, 0.29) is 23.8 Å². The van der Waals surface area contributed by atoms with Crippen molar-refractivity contribution in [2.75, 3.05) is 44.7 Å². The molecule has 34 heavy (non-hydrogen) atoms. The summed E-state index contributed by atoms with van der Waals surface area (Å²) in [6, 6.07) is 7.54. The minimum atomic E-state index is -0.294. The third-order valence-electron chi connectivity index (χ3n) is 6.92. The number of hydrogen-bond acceptors (Lipinski definition) is 6. The summed E-state index contributed by atoms with van der Waals surface area (Å²) >= 11 is 1.67. The number of unbranched alkanes of at least 4 members (excludes halogenated alkanes) is 1. The molecule has 2 fully saturated rings. The van der Waals surface area contributed by atoms with Crippen LogP contribution in [0.25, 0.3) is 0 Å². The molecular formula is C26H36N4O3S. The quantitative estimate of drug-likeness (QED) is 0.587. The highest BCUT2D eigenvalue weighted by Crippen LogP contribution is 2.41. The summed E-state index contributed by atoms with van der Waals surface area (Å²) in [5.74, 6) is 0.763. The number of para-hydroxylation sites is 1. The van der Waals surface area contributed by atoms with Crippen LogP contribution in [0.4, 0.5) is 5.13 Å². The van der Waals surface area contributed by atoms with Gasteiger partial charge in [0.05, 0.1) is 24.8 Å². The normalized spacial score (nSPS) is 21.5. The van der Waals surface area contributed by atoms with Crippen molar-refractivity contribution in [2.45, 2.75) is 52.0 Å². The van der Waals surface area contributed by atoms with E-state index >= 15 is 0 Å². The zero-order chi connectivity index (χ0) is 24.1. The highest BCUT2D eigenvalue weighted by molar-refractivity contribution is 7.13. The number of methoxy groups -OCH3 is 1. The summed E-state index contributed by atoms with van der Waals surface area (Å²) < 4.78 is 5.67. The number of carbonyl (C=O) groups excluding carboxylic acids is 2. The number of piperidine rings is 1. The Kier molecular flexibility index (Phi) is 8.08. The van der Waals surface area contributed by atoms with Gasteiger partial charge in [0.25, 0.3) is 0 Å². The van der Waals surface area contributed by atoms with Gasteiger partial charge in [0, 0.05) is 50.1 Å². The van der Waals surface area contributed by atoms with Crippen molar-refractivity contribution in [2.24, 2.45) is 5.92 Å². The van der Waals surface area contributed by atoms with E-state index in [0.717, 1.165) is 61.0 Å². The second-order valence-electron chi connectivity index (χ2n) is 9.21. The molecule has 0 spiro atoms. The van der Waals surface area contributed by atoms with Crippen LogP contribution in [0, 0.1) is 12.8 Å². The number of ether oxygens (including phenoxy) is 1. The van der Waals surface area contributed by atoms with E-state index < -0.39 is 0 Å². The average molecular weight is 485 g/mol. The molecule has 8 heteroatoms. The summed E-state index contributed by atoms with van der Waals surface area (Å²) in [7, 11) is 1.65. The predicted octanol–water partition coefficient (Wildman–Crippen LogP) is 4.28. The zero-order valence-electron chi connectivity index (χ0n) is 20.5.